The quantitative estimate of drug-likeness (QED) is 0.552. The molecule has 2 amide bonds. The summed E-state index contributed by atoms with van der Waals surface area (Å²) < 4.78 is 0. The van der Waals surface area contributed by atoms with Gasteiger partial charge in [0.15, 0.2) is 0 Å². The van der Waals surface area contributed by atoms with Crippen LogP contribution < -0.4 is 11.1 Å². The number of nitrogens with zero attached hydrogens (tertiary/aromatic N) is 2. The molecule has 0 saturated carbocycles. The van der Waals surface area contributed by atoms with Crippen molar-refractivity contribution >= 4 is 11.8 Å². The highest BCUT2D eigenvalue weighted by molar-refractivity contribution is 5.76. The Hall–Kier alpha value is -1.14. The molecule has 0 aromatic carbocycles. The Kier molecular flexibility index (Phi) is 8.68. The number of primary amides is 1. The lowest BCUT2D eigenvalue weighted by Gasteiger charge is -2.35. The Morgan fingerprint density at radius 2 is 1.60 bits per heavy atom. The molecule has 3 N–H and O–H groups in total. The third-order valence-electron chi connectivity index (χ3n) is 5.65. The molecule has 2 unspecified atom stereocenters. The van der Waals surface area contributed by atoms with Gasteiger partial charge in [-0.1, -0.05) is 19.8 Å². The molecule has 0 radical (unpaired) electrons. The van der Waals surface area contributed by atoms with Crippen molar-refractivity contribution in [1.29, 1.82) is 0 Å². The Morgan fingerprint density at radius 3 is 2.16 bits per heavy atom. The second kappa shape index (κ2) is 10.8. The first-order valence-corrected chi connectivity index (χ1v) is 10.1. The van der Waals surface area contributed by atoms with Crippen LogP contribution in [0.25, 0.3) is 0 Å². The number of amides is 2. The fourth-order valence-electron chi connectivity index (χ4n) is 4.32. The lowest BCUT2D eigenvalue weighted by Crippen LogP contribution is -2.47. The van der Waals surface area contributed by atoms with E-state index < -0.39 is 0 Å². The molecule has 2 aliphatic rings. The monoisotopic (exact) mass is 352 g/mol. The summed E-state index contributed by atoms with van der Waals surface area (Å²) in [6.45, 7) is 6.77. The lowest BCUT2D eigenvalue weighted by molar-refractivity contribution is -0.121. The number of likely N-dealkylation sites (tertiary alicyclic amines) is 2. The van der Waals surface area contributed by atoms with Gasteiger partial charge in [0.05, 0.1) is 0 Å². The summed E-state index contributed by atoms with van der Waals surface area (Å²) in [7, 11) is 0. The van der Waals surface area contributed by atoms with Crippen molar-refractivity contribution in [2.45, 2.75) is 76.8 Å². The third kappa shape index (κ3) is 6.59. The molecule has 0 aromatic rings. The highest BCUT2D eigenvalue weighted by atomic mass is 16.1. The normalized spacial score (nSPS) is 24.7. The van der Waals surface area contributed by atoms with Crippen LogP contribution in [0, 0.1) is 0 Å². The van der Waals surface area contributed by atoms with E-state index in [2.05, 4.69) is 22.0 Å². The predicted octanol–water partition coefficient (Wildman–Crippen LogP) is 1.49. The lowest BCUT2D eigenvalue weighted by atomic mass is 10.0. The molecular formula is C19H36N4O2. The largest absolute Gasteiger partial charge is 0.370 e. The molecule has 0 aliphatic carbocycles. The van der Waals surface area contributed by atoms with Crippen LogP contribution in [0.1, 0.15) is 64.7 Å². The highest BCUT2D eigenvalue weighted by Gasteiger charge is 2.37. The molecule has 6 heteroatoms. The zero-order chi connectivity index (χ0) is 18.1. The second-order valence-corrected chi connectivity index (χ2v) is 7.51. The van der Waals surface area contributed by atoms with Crippen LogP contribution in [0.2, 0.25) is 0 Å². The van der Waals surface area contributed by atoms with Gasteiger partial charge in [-0.3, -0.25) is 19.4 Å². The number of hydrogen-bond acceptors (Lipinski definition) is 4. The molecule has 0 spiro atoms. The van der Waals surface area contributed by atoms with Gasteiger partial charge in [0.25, 0.3) is 0 Å². The molecule has 2 heterocycles. The first-order chi connectivity index (χ1) is 12.1. The third-order valence-corrected chi connectivity index (χ3v) is 5.65. The van der Waals surface area contributed by atoms with Gasteiger partial charge in [-0.25, -0.2) is 0 Å². The van der Waals surface area contributed by atoms with Gasteiger partial charge in [0.1, 0.15) is 0 Å². The van der Waals surface area contributed by atoms with Gasteiger partial charge in [-0.05, 0) is 45.2 Å². The number of nitrogens with two attached hydrogens (primary N) is 1. The summed E-state index contributed by atoms with van der Waals surface area (Å²) in [4.78, 5) is 28.1. The topological polar surface area (TPSA) is 78.7 Å². The number of nitrogens with one attached hydrogen (secondary N) is 1. The van der Waals surface area contributed by atoms with Crippen LogP contribution in [-0.4, -0.2) is 66.4 Å². The van der Waals surface area contributed by atoms with Crippen molar-refractivity contribution in [3.8, 4) is 0 Å². The van der Waals surface area contributed by atoms with Crippen molar-refractivity contribution in [2.75, 3.05) is 32.7 Å². The molecule has 0 bridgehead atoms. The number of rotatable bonds is 11. The second-order valence-electron chi connectivity index (χ2n) is 7.51. The number of hydrogen-bond donors (Lipinski definition) is 2. The first kappa shape index (κ1) is 20.2. The minimum atomic E-state index is -0.214. The molecule has 2 rings (SSSR count). The Labute approximate surface area is 152 Å². The van der Waals surface area contributed by atoms with Crippen LogP contribution in [-0.2, 0) is 9.59 Å². The molecule has 144 valence electrons. The Balaban J connectivity index is 1.75. The van der Waals surface area contributed by atoms with Crippen LogP contribution >= 0.6 is 0 Å². The van der Waals surface area contributed by atoms with E-state index in [4.69, 9.17) is 5.73 Å². The maximum Gasteiger partial charge on any atom is 0.221 e. The van der Waals surface area contributed by atoms with Crippen molar-refractivity contribution in [3.05, 3.63) is 0 Å². The summed E-state index contributed by atoms with van der Waals surface area (Å²) in [5.41, 5.74) is 5.32. The molecular weight excluding hydrogens is 316 g/mol. The fraction of sp³-hybridized carbons (Fsp3) is 0.895. The van der Waals surface area contributed by atoms with Gasteiger partial charge < -0.3 is 11.1 Å². The Bertz CT molecular complexity index is 430. The molecule has 2 saturated heterocycles. The van der Waals surface area contributed by atoms with Gasteiger partial charge in [0, 0.05) is 44.6 Å². The van der Waals surface area contributed by atoms with Gasteiger partial charge in [0.2, 0.25) is 11.8 Å². The van der Waals surface area contributed by atoms with Crippen LogP contribution in [0.4, 0.5) is 0 Å². The fourth-order valence-corrected chi connectivity index (χ4v) is 4.32. The van der Waals surface area contributed by atoms with Crippen molar-refractivity contribution in [2.24, 2.45) is 5.73 Å². The van der Waals surface area contributed by atoms with Crippen LogP contribution in [0.3, 0.4) is 0 Å². The summed E-state index contributed by atoms with van der Waals surface area (Å²) in [6.07, 6.45) is 9.29. The zero-order valence-electron chi connectivity index (χ0n) is 15.8. The van der Waals surface area contributed by atoms with E-state index in [-0.39, 0.29) is 11.8 Å². The highest BCUT2D eigenvalue weighted by Crippen LogP contribution is 2.30. The van der Waals surface area contributed by atoms with Crippen molar-refractivity contribution in [3.63, 3.8) is 0 Å². The molecule has 2 fully saturated rings. The standard InChI is InChI=1S/C19H36N4O2/c1-2-3-4-11-21-19(25)10-15-23-13-6-8-17(23)16-7-5-12-22(16)14-9-18(20)24/h16-17H,2-15H2,1H3,(H2,20,24)(H,21,25). The Morgan fingerprint density at radius 1 is 1.00 bits per heavy atom. The summed E-state index contributed by atoms with van der Waals surface area (Å²) in [5, 5.41) is 3.04. The molecule has 6 nitrogen and oxygen atoms in total. The average Bonchev–Trinajstić information content (AvgIpc) is 3.23. The predicted molar refractivity (Wildman–Crippen MR) is 100 cm³/mol. The van der Waals surface area contributed by atoms with E-state index in [1.165, 1.54) is 38.5 Å². The van der Waals surface area contributed by atoms with E-state index in [0.717, 1.165) is 39.1 Å². The molecule has 2 aliphatic heterocycles. The SMILES string of the molecule is CCCCCNC(=O)CCN1CCCC1C1CCCN1CCC(N)=O. The number of unbranched alkanes of at least 4 members (excludes halogenated alkanes) is 2. The average molecular weight is 353 g/mol. The molecule has 0 aromatic heterocycles. The first-order valence-electron chi connectivity index (χ1n) is 10.1. The summed E-state index contributed by atoms with van der Waals surface area (Å²) in [5.74, 6) is -0.0348. The maximum atomic E-state index is 12.0. The van der Waals surface area contributed by atoms with E-state index >= 15 is 0 Å². The van der Waals surface area contributed by atoms with E-state index in [1.54, 1.807) is 0 Å². The van der Waals surface area contributed by atoms with Gasteiger partial charge in [-0.15, -0.1) is 0 Å². The van der Waals surface area contributed by atoms with Gasteiger partial charge >= 0.3 is 0 Å². The summed E-state index contributed by atoms with van der Waals surface area (Å²) in [6, 6.07) is 1.05. The van der Waals surface area contributed by atoms with Crippen LogP contribution in [0.5, 0.6) is 0 Å². The minimum absolute atomic E-state index is 0.179. The van der Waals surface area contributed by atoms with E-state index in [0.29, 0.717) is 24.9 Å². The maximum absolute atomic E-state index is 12.0. The van der Waals surface area contributed by atoms with E-state index in [1.807, 2.05) is 0 Å². The van der Waals surface area contributed by atoms with E-state index in [9.17, 15) is 9.59 Å². The summed E-state index contributed by atoms with van der Waals surface area (Å²) >= 11 is 0. The molecule has 2 atom stereocenters. The number of carbonyl (C=O) groups is 2. The van der Waals surface area contributed by atoms with Crippen LogP contribution in [0.15, 0.2) is 0 Å². The van der Waals surface area contributed by atoms with Gasteiger partial charge in [-0.2, -0.15) is 0 Å². The minimum Gasteiger partial charge on any atom is -0.370 e. The zero-order valence-corrected chi connectivity index (χ0v) is 15.8. The number of carbonyl (C=O) groups excluding carboxylic acids is 2. The van der Waals surface area contributed by atoms with Crippen molar-refractivity contribution in [1.82, 2.24) is 15.1 Å². The smallest absolute Gasteiger partial charge is 0.221 e. The molecule has 25 heavy (non-hydrogen) atoms. The van der Waals surface area contributed by atoms with Crippen molar-refractivity contribution < 1.29 is 9.59 Å².